The van der Waals surface area contributed by atoms with Crippen LogP contribution >= 0.6 is 23.2 Å². The van der Waals surface area contributed by atoms with Gasteiger partial charge in [0.15, 0.2) is 0 Å². The number of hydrogen-bond acceptors (Lipinski definition) is 6. The summed E-state index contributed by atoms with van der Waals surface area (Å²) in [4.78, 5) is 35.6. The van der Waals surface area contributed by atoms with E-state index in [0.29, 0.717) is 16.0 Å². The molecule has 0 fully saturated rings. The Balaban J connectivity index is 1.63. The quantitative estimate of drug-likeness (QED) is 0.112. The fourth-order valence-corrected chi connectivity index (χ4v) is 3.77. The van der Waals surface area contributed by atoms with E-state index in [1.54, 1.807) is 12.1 Å². The first kappa shape index (κ1) is 23.9. The Morgan fingerprint density at radius 2 is 1.77 bits per heavy atom. The lowest BCUT2D eigenvalue weighted by molar-refractivity contribution is -0.384. The number of fused-ring (bicyclic) bond motifs is 1. The Bertz CT molecular complexity index is 1500. The van der Waals surface area contributed by atoms with Crippen LogP contribution in [-0.4, -0.2) is 23.0 Å². The number of hydrogen-bond donors (Lipinski definition) is 1. The van der Waals surface area contributed by atoms with E-state index in [-0.39, 0.29) is 27.6 Å². The molecular weight excluding hydrogens is 493 g/mol. The molecule has 174 valence electrons. The highest BCUT2D eigenvalue weighted by Crippen LogP contribution is 2.29. The van der Waals surface area contributed by atoms with Crippen LogP contribution in [-0.2, 0) is 0 Å². The summed E-state index contributed by atoms with van der Waals surface area (Å²) in [5.74, 6) is -1.15. The predicted molar refractivity (Wildman–Crippen MR) is 134 cm³/mol. The molecule has 0 unspecified atom stereocenters. The second-order valence-corrected chi connectivity index (χ2v) is 8.06. The zero-order chi connectivity index (χ0) is 24.9. The molecule has 1 amide bonds. The van der Waals surface area contributed by atoms with Crippen LogP contribution in [0.3, 0.4) is 0 Å². The summed E-state index contributed by atoms with van der Waals surface area (Å²) in [6.07, 6.45) is 1.34. The number of halogens is 2. The summed E-state index contributed by atoms with van der Waals surface area (Å²) in [7, 11) is 0. The molecule has 0 saturated carbocycles. The molecule has 10 heteroatoms. The fourth-order valence-electron chi connectivity index (χ4n) is 3.29. The first-order valence-corrected chi connectivity index (χ1v) is 10.9. The largest absolute Gasteiger partial charge is 0.422 e. The van der Waals surface area contributed by atoms with Crippen LogP contribution < -0.4 is 10.2 Å². The van der Waals surface area contributed by atoms with Crippen molar-refractivity contribution in [2.24, 2.45) is 5.10 Å². The lowest BCUT2D eigenvalue weighted by Crippen LogP contribution is -2.18. The number of rotatable bonds is 6. The van der Waals surface area contributed by atoms with E-state index in [4.69, 9.17) is 27.9 Å². The van der Waals surface area contributed by atoms with Gasteiger partial charge in [0.25, 0.3) is 11.6 Å². The summed E-state index contributed by atoms with van der Waals surface area (Å²) in [5.41, 5.74) is 2.75. The number of nitro benzene ring substituents is 1. The van der Waals surface area contributed by atoms with Gasteiger partial charge in [0.1, 0.15) is 5.75 Å². The van der Waals surface area contributed by atoms with Crippen LogP contribution in [0.5, 0.6) is 5.75 Å². The van der Waals surface area contributed by atoms with Crippen molar-refractivity contribution in [1.29, 1.82) is 0 Å². The highest BCUT2D eigenvalue weighted by Gasteiger charge is 2.17. The van der Waals surface area contributed by atoms with Gasteiger partial charge in [-0.3, -0.25) is 14.9 Å². The number of nitrogens with one attached hydrogen (secondary N) is 1. The molecule has 8 nitrogen and oxygen atoms in total. The van der Waals surface area contributed by atoms with Crippen LogP contribution in [0.25, 0.3) is 10.8 Å². The van der Waals surface area contributed by atoms with Crippen molar-refractivity contribution in [3.8, 4) is 5.75 Å². The summed E-state index contributed by atoms with van der Waals surface area (Å²) >= 11 is 12.0. The first-order valence-electron chi connectivity index (χ1n) is 10.1. The Morgan fingerprint density at radius 3 is 2.54 bits per heavy atom. The van der Waals surface area contributed by atoms with E-state index in [9.17, 15) is 19.7 Å². The van der Waals surface area contributed by atoms with Gasteiger partial charge in [-0.1, -0.05) is 59.6 Å². The number of ether oxygens (including phenoxy) is 1. The van der Waals surface area contributed by atoms with Crippen LogP contribution in [0.4, 0.5) is 5.69 Å². The molecule has 0 heterocycles. The molecule has 0 saturated heterocycles. The van der Waals surface area contributed by atoms with Crippen LogP contribution in [0, 0.1) is 10.1 Å². The fraction of sp³-hybridized carbons (Fsp3) is 0. The summed E-state index contributed by atoms with van der Waals surface area (Å²) < 4.78 is 5.60. The van der Waals surface area contributed by atoms with E-state index in [0.717, 1.165) is 11.5 Å². The maximum Gasteiger partial charge on any atom is 0.345 e. The van der Waals surface area contributed by atoms with Crippen molar-refractivity contribution in [3.05, 3.63) is 116 Å². The SMILES string of the molecule is O=C(N/N=C\c1c(OC(=O)c2ccc(Cl)cc2Cl)ccc2ccccc12)c1cccc([N+](=O)[O-])c1. The Hall–Kier alpha value is -4.27. The highest BCUT2D eigenvalue weighted by atomic mass is 35.5. The van der Waals surface area contributed by atoms with E-state index < -0.39 is 16.8 Å². The maximum atomic E-state index is 12.8. The van der Waals surface area contributed by atoms with Crippen molar-refractivity contribution in [2.45, 2.75) is 0 Å². The van der Waals surface area contributed by atoms with Gasteiger partial charge in [0, 0.05) is 28.3 Å². The van der Waals surface area contributed by atoms with Crippen molar-refractivity contribution >= 4 is 57.8 Å². The van der Waals surface area contributed by atoms with E-state index in [1.807, 2.05) is 24.3 Å². The number of hydrazone groups is 1. The lowest BCUT2D eigenvalue weighted by Gasteiger charge is -2.11. The standard InChI is InChI=1S/C25H15Cl2N3O5/c26-17-9-10-20(22(27)13-17)25(32)35-23-11-8-15-4-1-2-7-19(15)21(23)14-28-29-24(31)16-5-3-6-18(12-16)30(33)34/h1-14H,(H,29,31)/b28-14-. The van der Waals surface area contributed by atoms with Crippen molar-refractivity contribution < 1.29 is 19.2 Å². The van der Waals surface area contributed by atoms with Gasteiger partial charge in [0.05, 0.1) is 21.7 Å². The van der Waals surface area contributed by atoms with Gasteiger partial charge < -0.3 is 4.74 Å². The first-order chi connectivity index (χ1) is 16.8. The molecule has 4 rings (SSSR count). The van der Waals surface area contributed by atoms with Crippen LogP contribution in [0.1, 0.15) is 26.3 Å². The van der Waals surface area contributed by atoms with Crippen LogP contribution in [0.2, 0.25) is 10.0 Å². The molecule has 4 aromatic rings. The molecule has 1 N–H and O–H groups in total. The maximum absolute atomic E-state index is 12.8. The van der Waals surface area contributed by atoms with Gasteiger partial charge >= 0.3 is 5.97 Å². The zero-order valence-electron chi connectivity index (χ0n) is 17.8. The number of benzene rings is 4. The minimum atomic E-state index is -0.697. The number of nitrogens with zero attached hydrogens (tertiary/aromatic N) is 2. The number of non-ortho nitro benzene ring substituents is 1. The molecule has 0 radical (unpaired) electrons. The zero-order valence-corrected chi connectivity index (χ0v) is 19.3. The molecular formula is C25H15Cl2N3O5. The van der Waals surface area contributed by atoms with E-state index in [1.165, 1.54) is 42.6 Å². The number of esters is 1. The summed E-state index contributed by atoms with van der Waals surface area (Å²) in [6.45, 7) is 0. The monoisotopic (exact) mass is 507 g/mol. The van der Waals surface area contributed by atoms with Crippen molar-refractivity contribution in [2.75, 3.05) is 0 Å². The van der Waals surface area contributed by atoms with Gasteiger partial charge in [-0.15, -0.1) is 0 Å². The third-order valence-corrected chi connectivity index (χ3v) is 5.51. The lowest BCUT2D eigenvalue weighted by atomic mass is 10.0. The number of amides is 1. The van der Waals surface area contributed by atoms with E-state index in [2.05, 4.69) is 10.5 Å². The van der Waals surface area contributed by atoms with Crippen molar-refractivity contribution in [3.63, 3.8) is 0 Å². The van der Waals surface area contributed by atoms with Gasteiger partial charge in [-0.2, -0.15) is 5.10 Å². The third-order valence-electron chi connectivity index (χ3n) is 4.96. The van der Waals surface area contributed by atoms with Crippen molar-refractivity contribution in [1.82, 2.24) is 5.43 Å². The van der Waals surface area contributed by atoms with Crippen LogP contribution in [0.15, 0.2) is 84.0 Å². The molecule has 35 heavy (non-hydrogen) atoms. The highest BCUT2D eigenvalue weighted by molar-refractivity contribution is 6.36. The molecule has 0 aliphatic heterocycles. The second kappa shape index (κ2) is 10.3. The molecule has 4 aromatic carbocycles. The molecule has 0 spiro atoms. The van der Waals surface area contributed by atoms with Gasteiger partial charge in [0.2, 0.25) is 0 Å². The van der Waals surface area contributed by atoms with Gasteiger partial charge in [-0.05, 0) is 41.1 Å². The smallest absolute Gasteiger partial charge is 0.345 e. The predicted octanol–water partition coefficient (Wildman–Crippen LogP) is 6.04. The minimum Gasteiger partial charge on any atom is -0.422 e. The molecule has 0 aliphatic carbocycles. The number of nitro groups is 1. The summed E-state index contributed by atoms with van der Waals surface area (Å²) in [6, 6.07) is 20.4. The average molecular weight is 508 g/mol. The minimum absolute atomic E-state index is 0.0679. The second-order valence-electron chi connectivity index (χ2n) is 7.22. The van der Waals surface area contributed by atoms with E-state index >= 15 is 0 Å². The topological polar surface area (TPSA) is 111 Å². The Labute approximate surface area is 208 Å². The third kappa shape index (κ3) is 5.46. The molecule has 0 atom stereocenters. The number of carbonyl (C=O) groups excluding carboxylic acids is 2. The number of carbonyl (C=O) groups is 2. The van der Waals surface area contributed by atoms with Gasteiger partial charge in [-0.25, -0.2) is 10.2 Å². The summed E-state index contributed by atoms with van der Waals surface area (Å²) in [5, 5.41) is 17.0. The molecule has 0 bridgehead atoms. The molecule has 0 aliphatic rings. The normalized spacial score (nSPS) is 10.9. The Morgan fingerprint density at radius 1 is 0.971 bits per heavy atom. The molecule has 0 aromatic heterocycles. The Kier molecular flexibility index (Phi) is 7.05. The average Bonchev–Trinajstić information content (AvgIpc) is 2.85.